The van der Waals surface area contributed by atoms with Gasteiger partial charge in [-0.3, -0.25) is 9.36 Å². The monoisotopic (exact) mass is 314 g/mol. The lowest BCUT2D eigenvalue weighted by Gasteiger charge is -2.02. The largest absolute Gasteiger partial charge is 0.477 e. The molecule has 5 nitrogen and oxygen atoms in total. The summed E-state index contributed by atoms with van der Waals surface area (Å²) in [5.74, 6) is -0.957. The van der Waals surface area contributed by atoms with Crippen LogP contribution in [0.25, 0.3) is 0 Å². The molecule has 2 heterocycles. The summed E-state index contributed by atoms with van der Waals surface area (Å²) in [6.07, 6.45) is 2.85. The van der Waals surface area contributed by atoms with Gasteiger partial charge < -0.3 is 5.11 Å². The molecule has 0 fully saturated rings. The van der Waals surface area contributed by atoms with Crippen LogP contribution in [0.1, 0.15) is 14.5 Å². The summed E-state index contributed by atoms with van der Waals surface area (Å²) in [6, 6.07) is 3.22. The first-order valence-electron chi connectivity index (χ1n) is 4.60. The molecular weight excluding hydrogens is 308 g/mol. The maximum atomic E-state index is 11.7. The van der Waals surface area contributed by atoms with Crippen molar-refractivity contribution in [2.75, 3.05) is 0 Å². The topological polar surface area (TPSA) is 72.2 Å². The molecule has 2 rings (SSSR count). The number of carboxylic acid groups (broad SMARTS) is 1. The molecule has 7 heteroatoms. The Hall–Kier alpha value is -1.47. The quantitative estimate of drug-likeness (QED) is 0.938. The molecule has 0 unspecified atom stereocenters. The molecule has 0 aliphatic carbocycles. The van der Waals surface area contributed by atoms with Gasteiger partial charge in [-0.2, -0.15) is 0 Å². The van der Waals surface area contributed by atoms with E-state index < -0.39 is 5.97 Å². The van der Waals surface area contributed by atoms with E-state index in [2.05, 4.69) is 20.9 Å². The Morgan fingerprint density at radius 2 is 2.29 bits per heavy atom. The Bertz CT molecular complexity index is 620. The van der Waals surface area contributed by atoms with Gasteiger partial charge in [0.25, 0.3) is 5.56 Å². The first kappa shape index (κ1) is 12.0. The average molecular weight is 315 g/mol. The van der Waals surface area contributed by atoms with Gasteiger partial charge in [0.15, 0.2) is 0 Å². The first-order chi connectivity index (χ1) is 8.08. The molecule has 0 aliphatic heterocycles. The molecule has 2 aromatic heterocycles. The maximum absolute atomic E-state index is 11.7. The van der Waals surface area contributed by atoms with Crippen LogP contribution in [0.5, 0.6) is 0 Å². The number of hydrogen-bond acceptors (Lipinski definition) is 4. The van der Waals surface area contributed by atoms with Crippen molar-refractivity contribution in [3.8, 4) is 0 Å². The van der Waals surface area contributed by atoms with Crippen molar-refractivity contribution in [3.63, 3.8) is 0 Å². The van der Waals surface area contributed by atoms with Gasteiger partial charge in [-0.05, 0) is 28.1 Å². The Labute approximate surface area is 108 Å². The SMILES string of the molecule is O=C(O)c1ccc(Cn2cncc(Br)c2=O)s1. The van der Waals surface area contributed by atoms with E-state index in [9.17, 15) is 9.59 Å². The zero-order chi connectivity index (χ0) is 12.4. The molecule has 0 aromatic carbocycles. The fourth-order valence-corrected chi connectivity index (χ4v) is 2.47. The van der Waals surface area contributed by atoms with Crippen LogP contribution in [0.3, 0.4) is 0 Å². The van der Waals surface area contributed by atoms with Crippen molar-refractivity contribution in [1.29, 1.82) is 0 Å². The number of carboxylic acids is 1. The smallest absolute Gasteiger partial charge is 0.345 e. The Morgan fingerprint density at radius 3 is 2.94 bits per heavy atom. The highest BCUT2D eigenvalue weighted by Crippen LogP contribution is 2.17. The second kappa shape index (κ2) is 4.80. The average Bonchev–Trinajstić information content (AvgIpc) is 2.73. The third kappa shape index (κ3) is 2.62. The van der Waals surface area contributed by atoms with Gasteiger partial charge in [-0.25, -0.2) is 9.78 Å². The third-order valence-corrected chi connectivity index (χ3v) is 3.66. The van der Waals surface area contributed by atoms with Gasteiger partial charge in [0.05, 0.1) is 12.9 Å². The predicted octanol–water partition coefficient (Wildman–Crippen LogP) is 1.81. The normalized spacial score (nSPS) is 10.4. The van der Waals surface area contributed by atoms with Crippen molar-refractivity contribution in [3.05, 3.63) is 49.2 Å². The number of rotatable bonds is 3. The molecule has 0 bridgehead atoms. The van der Waals surface area contributed by atoms with Crippen LogP contribution in [0.4, 0.5) is 0 Å². The number of hydrogen-bond donors (Lipinski definition) is 1. The maximum Gasteiger partial charge on any atom is 0.345 e. The van der Waals surface area contributed by atoms with Crippen LogP contribution in [-0.4, -0.2) is 20.6 Å². The summed E-state index contributed by atoms with van der Waals surface area (Å²) in [5.41, 5.74) is -0.190. The van der Waals surface area contributed by atoms with Gasteiger partial charge in [-0.1, -0.05) is 0 Å². The van der Waals surface area contributed by atoms with Crippen molar-refractivity contribution in [2.45, 2.75) is 6.54 Å². The van der Waals surface area contributed by atoms with Gasteiger partial charge >= 0.3 is 5.97 Å². The highest BCUT2D eigenvalue weighted by Gasteiger charge is 2.08. The molecule has 0 atom stereocenters. The molecule has 0 radical (unpaired) electrons. The van der Waals surface area contributed by atoms with Gasteiger partial charge in [-0.15, -0.1) is 11.3 Å². The summed E-state index contributed by atoms with van der Waals surface area (Å²) < 4.78 is 1.80. The van der Waals surface area contributed by atoms with Crippen LogP contribution in [0.2, 0.25) is 0 Å². The Kier molecular flexibility index (Phi) is 3.39. The summed E-state index contributed by atoms with van der Waals surface area (Å²) >= 11 is 4.25. The first-order valence-corrected chi connectivity index (χ1v) is 6.21. The van der Waals surface area contributed by atoms with Crippen LogP contribution < -0.4 is 5.56 Å². The zero-order valence-electron chi connectivity index (χ0n) is 8.46. The lowest BCUT2D eigenvalue weighted by atomic mass is 10.4. The predicted molar refractivity (Wildman–Crippen MR) is 66.6 cm³/mol. The van der Waals surface area contributed by atoms with E-state index in [0.717, 1.165) is 16.2 Å². The summed E-state index contributed by atoms with van der Waals surface area (Å²) in [4.78, 5) is 27.3. The van der Waals surface area contributed by atoms with E-state index in [4.69, 9.17) is 5.11 Å². The Balaban J connectivity index is 2.28. The molecule has 1 N–H and O–H groups in total. The van der Waals surface area contributed by atoms with E-state index in [-0.39, 0.29) is 10.4 Å². The van der Waals surface area contributed by atoms with E-state index in [0.29, 0.717) is 11.0 Å². The second-order valence-corrected chi connectivity index (χ2v) is 5.27. The molecule has 2 aromatic rings. The number of halogens is 1. The number of nitrogens with zero attached hydrogens (tertiary/aromatic N) is 2. The van der Waals surface area contributed by atoms with Crippen LogP contribution in [0.15, 0.2) is 33.9 Å². The summed E-state index contributed by atoms with van der Waals surface area (Å²) in [7, 11) is 0. The molecule has 0 saturated heterocycles. The molecule has 0 aliphatic rings. The second-order valence-electron chi connectivity index (χ2n) is 3.25. The van der Waals surface area contributed by atoms with Gasteiger partial charge in [0.2, 0.25) is 0 Å². The summed E-state index contributed by atoms with van der Waals surface area (Å²) in [5, 5.41) is 8.78. The van der Waals surface area contributed by atoms with E-state index >= 15 is 0 Å². The minimum absolute atomic E-state index is 0.190. The van der Waals surface area contributed by atoms with Crippen LogP contribution in [0, 0.1) is 0 Å². The molecule has 0 amide bonds. The molecule has 17 heavy (non-hydrogen) atoms. The Morgan fingerprint density at radius 1 is 1.53 bits per heavy atom. The fraction of sp³-hybridized carbons (Fsp3) is 0.100. The van der Waals surface area contributed by atoms with Crippen molar-refractivity contribution in [2.24, 2.45) is 0 Å². The highest BCUT2D eigenvalue weighted by molar-refractivity contribution is 9.10. The minimum atomic E-state index is -0.957. The lowest BCUT2D eigenvalue weighted by Crippen LogP contribution is -2.20. The lowest BCUT2D eigenvalue weighted by molar-refractivity contribution is 0.0702. The van der Waals surface area contributed by atoms with Crippen LogP contribution >= 0.6 is 27.3 Å². The zero-order valence-corrected chi connectivity index (χ0v) is 10.9. The van der Waals surface area contributed by atoms with Crippen molar-refractivity contribution >= 4 is 33.2 Å². The molecule has 0 saturated carbocycles. The molecular formula is C10H7BrN2O3S. The van der Waals surface area contributed by atoms with Crippen LogP contribution in [-0.2, 0) is 6.54 Å². The van der Waals surface area contributed by atoms with Crippen molar-refractivity contribution in [1.82, 2.24) is 9.55 Å². The molecule has 0 spiro atoms. The standard InChI is InChI=1S/C10H7BrN2O3S/c11-7-3-12-5-13(9(7)14)4-6-1-2-8(17-6)10(15)16/h1-3,5H,4H2,(H,15,16). The molecule has 88 valence electrons. The number of carbonyl (C=O) groups is 1. The number of thiophene rings is 1. The van der Waals surface area contributed by atoms with E-state index in [1.54, 1.807) is 6.07 Å². The minimum Gasteiger partial charge on any atom is -0.477 e. The highest BCUT2D eigenvalue weighted by atomic mass is 79.9. The number of aromatic nitrogens is 2. The van der Waals surface area contributed by atoms with Crippen molar-refractivity contribution < 1.29 is 9.90 Å². The third-order valence-electron chi connectivity index (χ3n) is 2.06. The van der Waals surface area contributed by atoms with Gasteiger partial charge in [0, 0.05) is 11.1 Å². The fourth-order valence-electron chi connectivity index (χ4n) is 1.28. The van der Waals surface area contributed by atoms with Gasteiger partial charge in [0.1, 0.15) is 9.35 Å². The van der Waals surface area contributed by atoms with E-state index in [1.165, 1.54) is 23.2 Å². The number of aromatic carboxylic acids is 1. The van der Waals surface area contributed by atoms with E-state index in [1.807, 2.05) is 0 Å². The summed E-state index contributed by atoms with van der Waals surface area (Å²) in [6.45, 7) is 0.323.